The van der Waals surface area contributed by atoms with Crippen LogP contribution in [0, 0.1) is 5.92 Å². The summed E-state index contributed by atoms with van der Waals surface area (Å²) in [5.41, 5.74) is 2.26. The van der Waals surface area contributed by atoms with E-state index in [2.05, 4.69) is 4.57 Å². The molecule has 4 rings (SSSR count). The Hall–Kier alpha value is -1.84. The van der Waals surface area contributed by atoms with Gasteiger partial charge in [0.1, 0.15) is 5.82 Å². The molecule has 104 valence electrons. The lowest BCUT2D eigenvalue weighted by molar-refractivity contribution is 0.0697. The largest absolute Gasteiger partial charge is 0.478 e. The molecule has 2 fully saturated rings. The SMILES string of the molecule is O=C(O)c1ccc2c(c1)nc(C1CC1)n2CCC1CC1. The summed E-state index contributed by atoms with van der Waals surface area (Å²) in [5, 5.41) is 9.09. The molecule has 1 N–H and O–H groups in total. The maximum absolute atomic E-state index is 11.1. The molecule has 0 unspecified atom stereocenters. The zero-order valence-electron chi connectivity index (χ0n) is 11.4. The van der Waals surface area contributed by atoms with Crippen LogP contribution >= 0.6 is 0 Å². The molecule has 20 heavy (non-hydrogen) atoms. The van der Waals surface area contributed by atoms with Crippen LogP contribution in [-0.2, 0) is 6.54 Å². The molecule has 0 radical (unpaired) electrons. The van der Waals surface area contributed by atoms with Gasteiger partial charge in [0.2, 0.25) is 0 Å². The van der Waals surface area contributed by atoms with Gasteiger partial charge in [0.15, 0.2) is 0 Å². The lowest BCUT2D eigenvalue weighted by atomic mass is 10.2. The Bertz CT molecular complexity index is 681. The van der Waals surface area contributed by atoms with Crippen LogP contribution in [0.15, 0.2) is 18.2 Å². The van der Waals surface area contributed by atoms with E-state index in [1.165, 1.54) is 37.9 Å². The van der Waals surface area contributed by atoms with Gasteiger partial charge in [-0.25, -0.2) is 9.78 Å². The summed E-state index contributed by atoms with van der Waals surface area (Å²) < 4.78 is 2.33. The van der Waals surface area contributed by atoms with E-state index in [-0.39, 0.29) is 0 Å². The van der Waals surface area contributed by atoms with E-state index in [0.717, 1.165) is 23.5 Å². The van der Waals surface area contributed by atoms with Crippen molar-refractivity contribution in [3.63, 3.8) is 0 Å². The Kier molecular flexibility index (Phi) is 2.59. The van der Waals surface area contributed by atoms with E-state index in [9.17, 15) is 4.79 Å². The number of imidazole rings is 1. The summed E-state index contributed by atoms with van der Waals surface area (Å²) in [6.07, 6.45) is 6.41. The zero-order chi connectivity index (χ0) is 13.7. The molecule has 2 aliphatic rings. The van der Waals surface area contributed by atoms with Crippen molar-refractivity contribution in [2.24, 2.45) is 5.92 Å². The van der Waals surface area contributed by atoms with Gasteiger partial charge >= 0.3 is 5.97 Å². The Morgan fingerprint density at radius 2 is 2.10 bits per heavy atom. The van der Waals surface area contributed by atoms with Crippen LogP contribution in [0.2, 0.25) is 0 Å². The van der Waals surface area contributed by atoms with E-state index in [1.54, 1.807) is 12.1 Å². The van der Waals surface area contributed by atoms with Gasteiger partial charge < -0.3 is 9.67 Å². The summed E-state index contributed by atoms with van der Waals surface area (Å²) in [6, 6.07) is 5.32. The van der Waals surface area contributed by atoms with Crippen LogP contribution < -0.4 is 0 Å². The molecule has 2 aliphatic carbocycles. The predicted octanol–water partition coefficient (Wildman–Crippen LogP) is 3.41. The quantitative estimate of drug-likeness (QED) is 0.905. The maximum Gasteiger partial charge on any atom is 0.335 e. The molecular weight excluding hydrogens is 252 g/mol. The van der Waals surface area contributed by atoms with Gasteiger partial charge in [-0.1, -0.05) is 12.8 Å². The molecule has 1 aromatic carbocycles. The van der Waals surface area contributed by atoms with Crippen molar-refractivity contribution in [2.75, 3.05) is 0 Å². The zero-order valence-corrected chi connectivity index (χ0v) is 11.4. The maximum atomic E-state index is 11.1. The highest BCUT2D eigenvalue weighted by Gasteiger charge is 2.30. The van der Waals surface area contributed by atoms with Gasteiger partial charge in [0.25, 0.3) is 0 Å². The summed E-state index contributed by atoms with van der Waals surface area (Å²) in [4.78, 5) is 15.8. The number of benzene rings is 1. The van der Waals surface area contributed by atoms with Crippen LogP contribution in [0.25, 0.3) is 11.0 Å². The molecule has 0 saturated heterocycles. The van der Waals surface area contributed by atoms with Gasteiger partial charge in [-0.15, -0.1) is 0 Å². The number of rotatable bonds is 5. The topological polar surface area (TPSA) is 55.1 Å². The minimum Gasteiger partial charge on any atom is -0.478 e. The molecule has 4 nitrogen and oxygen atoms in total. The van der Waals surface area contributed by atoms with Crippen molar-refractivity contribution in [1.29, 1.82) is 0 Å². The minimum absolute atomic E-state index is 0.326. The first-order valence-electron chi connectivity index (χ1n) is 7.46. The molecule has 0 bridgehead atoms. The molecule has 1 aromatic heterocycles. The second kappa shape index (κ2) is 4.33. The fraction of sp³-hybridized carbons (Fsp3) is 0.500. The van der Waals surface area contributed by atoms with Gasteiger partial charge in [-0.2, -0.15) is 0 Å². The standard InChI is InChI=1S/C16H18N2O2/c19-16(20)12-5-6-14-13(9-12)17-15(11-3-4-11)18(14)8-7-10-1-2-10/h5-6,9-11H,1-4,7-8H2,(H,19,20). The Morgan fingerprint density at radius 1 is 1.30 bits per heavy atom. The van der Waals surface area contributed by atoms with Crippen LogP contribution in [0.3, 0.4) is 0 Å². The highest BCUT2D eigenvalue weighted by Crippen LogP contribution is 2.41. The molecule has 0 spiro atoms. The number of nitrogens with zero attached hydrogens (tertiary/aromatic N) is 2. The number of aromatic nitrogens is 2. The first-order chi connectivity index (χ1) is 9.72. The van der Waals surface area contributed by atoms with E-state index in [1.807, 2.05) is 6.07 Å². The number of carboxylic acid groups (broad SMARTS) is 1. The lowest BCUT2D eigenvalue weighted by Gasteiger charge is -2.08. The third kappa shape index (κ3) is 2.09. The fourth-order valence-electron chi connectivity index (χ4n) is 2.89. The van der Waals surface area contributed by atoms with Crippen molar-refractivity contribution < 1.29 is 9.90 Å². The third-order valence-electron chi connectivity index (χ3n) is 4.43. The van der Waals surface area contributed by atoms with Gasteiger partial charge in [0.05, 0.1) is 16.6 Å². The fourth-order valence-corrected chi connectivity index (χ4v) is 2.89. The number of hydrogen-bond donors (Lipinski definition) is 1. The van der Waals surface area contributed by atoms with E-state index in [4.69, 9.17) is 10.1 Å². The smallest absolute Gasteiger partial charge is 0.335 e. The van der Waals surface area contributed by atoms with Crippen molar-refractivity contribution in [1.82, 2.24) is 9.55 Å². The van der Waals surface area contributed by atoms with Crippen molar-refractivity contribution in [3.8, 4) is 0 Å². The summed E-state index contributed by atoms with van der Waals surface area (Å²) in [7, 11) is 0. The van der Waals surface area contributed by atoms with Gasteiger partial charge in [-0.3, -0.25) is 0 Å². The van der Waals surface area contributed by atoms with E-state index < -0.39 is 5.97 Å². The molecular formula is C16H18N2O2. The third-order valence-corrected chi connectivity index (χ3v) is 4.43. The highest BCUT2D eigenvalue weighted by molar-refractivity contribution is 5.92. The van der Waals surface area contributed by atoms with Crippen molar-refractivity contribution >= 4 is 17.0 Å². The summed E-state index contributed by atoms with van der Waals surface area (Å²) >= 11 is 0. The predicted molar refractivity (Wildman–Crippen MR) is 76.0 cm³/mol. The molecule has 0 amide bonds. The minimum atomic E-state index is -0.882. The molecule has 2 aromatic rings. The molecule has 0 atom stereocenters. The first kappa shape index (κ1) is 11.9. The van der Waals surface area contributed by atoms with Gasteiger partial charge in [-0.05, 0) is 43.4 Å². The Balaban J connectivity index is 1.76. The van der Waals surface area contributed by atoms with Crippen LogP contribution in [0.1, 0.15) is 54.2 Å². The van der Waals surface area contributed by atoms with Crippen molar-refractivity contribution in [3.05, 3.63) is 29.6 Å². The summed E-state index contributed by atoms with van der Waals surface area (Å²) in [5.74, 6) is 1.78. The summed E-state index contributed by atoms with van der Waals surface area (Å²) in [6.45, 7) is 1.03. The first-order valence-corrected chi connectivity index (χ1v) is 7.46. The van der Waals surface area contributed by atoms with Gasteiger partial charge in [0, 0.05) is 12.5 Å². The van der Waals surface area contributed by atoms with E-state index in [0.29, 0.717) is 11.5 Å². The number of carboxylic acids is 1. The van der Waals surface area contributed by atoms with E-state index >= 15 is 0 Å². The average molecular weight is 270 g/mol. The van der Waals surface area contributed by atoms with Crippen molar-refractivity contribution in [2.45, 2.75) is 44.6 Å². The Morgan fingerprint density at radius 3 is 2.75 bits per heavy atom. The number of hydrogen-bond acceptors (Lipinski definition) is 2. The second-order valence-corrected chi connectivity index (χ2v) is 6.14. The number of fused-ring (bicyclic) bond motifs is 1. The normalized spacial score (nSPS) is 18.6. The molecule has 2 saturated carbocycles. The monoisotopic (exact) mass is 270 g/mol. The molecule has 4 heteroatoms. The lowest BCUT2D eigenvalue weighted by Crippen LogP contribution is -2.03. The highest BCUT2D eigenvalue weighted by atomic mass is 16.4. The number of aryl methyl sites for hydroxylation is 1. The van der Waals surface area contributed by atoms with Crippen LogP contribution in [-0.4, -0.2) is 20.6 Å². The second-order valence-electron chi connectivity index (χ2n) is 6.14. The number of carbonyl (C=O) groups is 1. The molecule has 0 aliphatic heterocycles. The van der Waals surface area contributed by atoms with Crippen LogP contribution in [0.4, 0.5) is 0 Å². The van der Waals surface area contributed by atoms with Crippen LogP contribution in [0.5, 0.6) is 0 Å². The number of aromatic carboxylic acids is 1. The average Bonchev–Trinajstić information content (AvgIpc) is 3.33. The molecule has 1 heterocycles. The Labute approximate surface area is 117 Å².